The maximum Gasteiger partial charge on any atom is 0.248 e. The van der Waals surface area contributed by atoms with Gasteiger partial charge in [0.2, 0.25) is 15.9 Å². The number of sulfonamides is 1. The first-order valence-electron chi connectivity index (χ1n) is 12.4. The number of likely N-dealkylation sites (N-methyl/N-ethyl adjacent to an activating group) is 3. The molecule has 1 fully saturated rings. The topological polar surface area (TPSA) is 91.4 Å². The number of benzene rings is 1. The van der Waals surface area contributed by atoms with Crippen molar-refractivity contribution in [3.8, 4) is 5.75 Å². The molecule has 2 atom stereocenters. The lowest BCUT2D eigenvalue weighted by Crippen LogP contribution is -2.40. The van der Waals surface area contributed by atoms with E-state index in [0.717, 1.165) is 38.9 Å². The van der Waals surface area contributed by atoms with Gasteiger partial charge in [0, 0.05) is 45.8 Å². The number of ether oxygens (including phenoxy) is 2. The van der Waals surface area contributed by atoms with Crippen LogP contribution in [0.5, 0.6) is 5.75 Å². The molecule has 0 aliphatic heterocycles. The fourth-order valence-electron chi connectivity index (χ4n) is 4.48. The summed E-state index contributed by atoms with van der Waals surface area (Å²) in [6.45, 7) is 8.91. The standard InChI is InChI=1S/C25H44N4O5S/c1-8-27(4)12-11-26-21-9-10-22(17-21)29(6)24(30)18-34-14-13-28(5)35(31,32)25-19(2)15-23(33-7)16-20(25)3/h15-16,21-22,26H,8-14,17-18H2,1-7H3/t21-,22+/m0/s1. The zero-order valence-electron chi connectivity index (χ0n) is 22.5. The largest absolute Gasteiger partial charge is 0.497 e. The Morgan fingerprint density at radius 2 is 1.77 bits per heavy atom. The molecule has 0 heterocycles. The second-order valence-corrected chi connectivity index (χ2v) is 11.5. The van der Waals surface area contributed by atoms with Gasteiger partial charge in [-0.05, 0) is 70.0 Å². The molecule has 1 aromatic carbocycles. The Hall–Kier alpha value is -1.72. The lowest BCUT2D eigenvalue weighted by molar-refractivity contribution is -0.136. The summed E-state index contributed by atoms with van der Waals surface area (Å²) in [5.74, 6) is 0.551. The number of carbonyl (C=O) groups excluding carboxylic acids is 1. The number of aryl methyl sites for hydroxylation is 2. The molecule has 1 N–H and O–H groups in total. The summed E-state index contributed by atoms with van der Waals surface area (Å²) in [4.78, 5) is 17.0. The average Bonchev–Trinajstić information content (AvgIpc) is 3.28. The minimum Gasteiger partial charge on any atom is -0.497 e. The second-order valence-electron chi connectivity index (χ2n) is 9.49. The highest BCUT2D eigenvalue weighted by atomic mass is 32.2. The lowest BCUT2D eigenvalue weighted by atomic mass is 10.1. The number of rotatable bonds is 14. The van der Waals surface area contributed by atoms with Gasteiger partial charge in [-0.15, -0.1) is 0 Å². The van der Waals surface area contributed by atoms with E-state index in [-0.39, 0.29) is 36.6 Å². The smallest absolute Gasteiger partial charge is 0.248 e. The fourth-order valence-corrected chi connectivity index (χ4v) is 6.04. The highest BCUT2D eigenvalue weighted by Gasteiger charge is 2.30. The van der Waals surface area contributed by atoms with Gasteiger partial charge in [-0.25, -0.2) is 8.42 Å². The molecule has 0 aromatic heterocycles. The van der Waals surface area contributed by atoms with E-state index in [9.17, 15) is 13.2 Å². The van der Waals surface area contributed by atoms with Crippen LogP contribution in [0.1, 0.15) is 37.3 Å². The van der Waals surface area contributed by atoms with Crippen LogP contribution in [0.25, 0.3) is 0 Å². The van der Waals surface area contributed by atoms with Gasteiger partial charge in [0.05, 0.1) is 18.6 Å². The fraction of sp³-hybridized carbons (Fsp3) is 0.720. The van der Waals surface area contributed by atoms with Crippen LogP contribution < -0.4 is 10.1 Å². The molecule has 0 unspecified atom stereocenters. The molecule has 0 bridgehead atoms. The van der Waals surface area contributed by atoms with Crippen LogP contribution in [0.2, 0.25) is 0 Å². The normalized spacial score (nSPS) is 18.4. The monoisotopic (exact) mass is 512 g/mol. The number of methoxy groups -OCH3 is 1. The highest BCUT2D eigenvalue weighted by Crippen LogP contribution is 2.27. The molecule has 200 valence electrons. The molecule has 0 spiro atoms. The SMILES string of the molecule is CCN(C)CCN[C@H]1CC[C@@H](N(C)C(=O)COCCN(C)S(=O)(=O)c2c(C)cc(OC)cc2C)C1. The van der Waals surface area contributed by atoms with E-state index >= 15 is 0 Å². The summed E-state index contributed by atoms with van der Waals surface area (Å²) in [7, 11) is 3.34. The van der Waals surface area contributed by atoms with Gasteiger partial charge < -0.3 is 24.6 Å². The minimum atomic E-state index is -3.68. The summed E-state index contributed by atoms with van der Waals surface area (Å²) < 4.78 is 38.2. The van der Waals surface area contributed by atoms with Crippen molar-refractivity contribution in [1.29, 1.82) is 0 Å². The average molecular weight is 513 g/mol. The first-order chi connectivity index (χ1) is 16.5. The quantitative estimate of drug-likeness (QED) is 0.381. The number of amides is 1. The van der Waals surface area contributed by atoms with Crippen molar-refractivity contribution < 1.29 is 22.7 Å². The second kappa shape index (κ2) is 13.5. The number of hydrogen-bond acceptors (Lipinski definition) is 7. The van der Waals surface area contributed by atoms with Gasteiger partial charge in [0.15, 0.2) is 0 Å². The maximum atomic E-state index is 13.1. The van der Waals surface area contributed by atoms with Crippen molar-refractivity contribution in [2.75, 3.05) is 67.6 Å². The van der Waals surface area contributed by atoms with Crippen LogP contribution in [0.15, 0.2) is 17.0 Å². The predicted molar refractivity (Wildman–Crippen MR) is 138 cm³/mol. The van der Waals surface area contributed by atoms with E-state index in [1.54, 1.807) is 38.0 Å². The number of nitrogens with zero attached hydrogens (tertiary/aromatic N) is 3. The van der Waals surface area contributed by atoms with E-state index in [0.29, 0.717) is 22.9 Å². The number of carbonyl (C=O) groups is 1. The van der Waals surface area contributed by atoms with E-state index < -0.39 is 10.0 Å². The Labute approximate surface area is 211 Å². The Balaban J connectivity index is 1.77. The van der Waals surface area contributed by atoms with Crippen LogP contribution in [-0.2, 0) is 19.6 Å². The Morgan fingerprint density at radius 3 is 2.37 bits per heavy atom. The van der Waals surface area contributed by atoms with Crippen molar-refractivity contribution >= 4 is 15.9 Å². The molecule has 35 heavy (non-hydrogen) atoms. The van der Waals surface area contributed by atoms with Gasteiger partial charge in [0.1, 0.15) is 12.4 Å². The summed E-state index contributed by atoms with van der Waals surface area (Å²) in [6.07, 6.45) is 2.98. The lowest BCUT2D eigenvalue weighted by Gasteiger charge is -2.25. The molecule has 9 nitrogen and oxygen atoms in total. The first kappa shape index (κ1) is 29.5. The molecule has 10 heteroatoms. The van der Waals surface area contributed by atoms with Gasteiger partial charge in [-0.1, -0.05) is 6.92 Å². The van der Waals surface area contributed by atoms with Crippen molar-refractivity contribution in [3.63, 3.8) is 0 Å². The molecule has 2 rings (SSSR count). The summed E-state index contributed by atoms with van der Waals surface area (Å²) in [5.41, 5.74) is 1.27. The Kier molecular flexibility index (Phi) is 11.4. The molecule has 1 aromatic rings. The summed E-state index contributed by atoms with van der Waals surface area (Å²) in [6, 6.07) is 4.07. The molecule has 1 aliphatic rings. The molecular weight excluding hydrogens is 468 g/mol. The van der Waals surface area contributed by atoms with E-state index in [1.165, 1.54) is 11.4 Å². The van der Waals surface area contributed by atoms with Crippen LogP contribution in [0.4, 0.5) is 0 Å². The molecular formula is C25H44N4O5S. The zero-order chi connectivity index (χ0) is 26.2. The van der Waals surface area contributed by atoms with Crippen molar-refractivity contribution in [1.82, 2.24) is 19.4 Å². The van der Waals surface area contributed by atoms with Gasteiger partial charge in [-0.3, -0.25) is 4.79 Å². The molecule has 0 saturated heterocycles. The molecule has 1 saturated carbocycles. The van der Waals surface area contributed by atoms with Crippen LogP contribution in [0.3, 0.4) is 0 Å². The highest BCUT2D eigenvalue weighted by molar-refractivity contribution is 7.89. The first-order valence-corrected chi connectivity index (χ1v) is 13.8. The van der Waals surface area contributed by atoms with Gasteiger partial charge in [-0.2, -0.15) is 4.31 Å². The zero-order valence-corrected chi connectivity index (χ0v) is 23.3. The molecule has 0 radical (unpaired) electrons. The third-order valence-corrected chi connectivity index (χ3v) is 9.09. The van der Waals surface area contributed by atoms with Crippen LogP contribution in [-0.4, -0.2) is 108 Å². The van der Waals surface area contributed by atoms with E-state index in [2.05, 4.69) is 24.2 Å². The van der Waals surface area contributed by atoms with Gasteiger partial charge >= 0.3 is 0 Å². The summed E-state index contributed by atoms with van der Waals surface area (Å²) in [5, 5.41) is 3.60. The summed E-state index contributed by atoms with van der Waals surface area (Å²) >= 11 is 0. The minimum absolute atomic E-state index is 0.0547. The van der Waals surface area contributed by atoms with E-state index in [1.807, 2.05) is 7.05 Å². The van der Waals surface area contributed by atoms with Crippen molar-refractivity contribution in [2.45, 2.75) is 57.0 Å². The van der Waals surface area contributed by atoms with Crippen LogP contribution >= 0.6 is 0 Å². The van der Waals surface area contributed by atoms with E-state index in [4.69, 9.17) is 9.47 Å². The predicted octanol–water partition coefficient (Wildman–Crippen LogP) is 1.87. The maximum absolute atomic E-state index is 13.1. The third-order valence-electron chi connectivity index (χ3n) is 6.93. The van der Waals surface area contributed by atoms with Crippen molar-refractivity contribution in [2.24, 2.45) is 0 Å². The Morgan fingerprint density at radius 1 is 1.11 bits per heavy atom. The number of nitrogens with one attached hydrogen (secondary N) is 1. The number of hydrogen-bond donors (Lipinski definition) is 1. The molecule has 1 aliphatic carbocycles. The molecule has 1 amide bonds. The van der Waals surface area contributed by atoms with Gasteiger partial charge in [0.25, 0.3) is 0 Å². The van der Waals surface area contributed by atoms with Crippen LogP contribution in [0, 0.1) is 13.8 Å². The third kappa shape index (κ3) is 8.15. The van der Waals surface area contributed by atoms with Crippen molar-refractivity contribution in [3.05, 3.63) is 23.3 Å². The Bertz CT molecular complexity index is 917.